The Labute approximate surface area is 177 Å². The monoisotopic (exact) mass is 455 g/mol. The second-order valence-electron chi connectivity index (χ2n) is 7.44. The highest BCUT2D eigenvalue weighted by Gasteiger charge is 2.20. The van der Waals surface area contributed by atoms with Crippen molar-refractivity contribution in [2.24, 2.45) is 11.0 Å². The van der Waals surface area contributed by atoms with Gasteiger partial charge in [-0.3, -0.25) is 4.79 Å². The summed E-state index contributed by atoms with van der Waals surface area (Å²) in [4.78, 5) is 16.1. The van der Waals surface area contributed by atoms with Crippen molar-refractivity contribution in [3.05, 3.63) is 57.2 Å². The number of nitrogens with zero attached hydrogens (tertiary/aromatic N) is 1. The predicted molar refractivity (Wildman–Crippen MR) is 117 cm³/mol. The van der Waals surface area contributed by atoms with E-state index in [1.165, 1.54) is 31.0 Å². The molecule has 4 rings (SSSR count). The average Bonchev–Trinajstić information content (AvgIpc) is 3.07. The summed E-state index contributed by atoms with van der Waals surface area (Å²) in [6.07, 6.45) is 4.66. The molecule has 0 bridgehead atoms. The molecule has 1 heterocycles. The van der Waals surface area contributed by atoms with E-state index >= 15 is 0 Å². The van der Waals surface area contributed by atoms with Crippen LogP contribution in [0.1, 0.15) is 40.5 Å². The van der Waals surface area contributed by atoms with E-state index in [1.807, 2.05) is 12.1 Å². The maximum atomic E-state index is 12.6. The molecular formula is C22H22BrN3O3. The Morgan fingerprint density at radius 1 is 1.38 bits per heavy atom. The Hall–Kier alpha value is -2.80. The predicted octanol–water partition coefficient (Wildman–Crippen LogP) is 4.53. The Morgan fingerprint density at radius 3 is 3.00 bits per heavy atom. The smallest absolute Gasteiger partial charge is 0.271 e. The number of aromatic hydroxyl groups is 1. The quantitative estimate of drug-likeness (QED) is 0.398. The zero-order valence-electron chi connectivity index (χ0n) is 16.3. The molecule has 0 saturated heterocycles. The number of amides is 1. The van der Waals surface area contributed by atoms with Crippen molar-refractivity contribution in [3.63, 3.8) is 0 Å². The topological polar surface area (TPSA) is 86.7 Å². The molecule has 29 heavy (non-hydrogen) atoms. The van der Waals surface area contributed by atoms with Crippen LogP contribution in [0.3, 0.4) is 0 Å². The van der Waals surface area contributed by atoms with Gasteiger partial charge in [-0.05, 0) is 61.1 Å². The number of rotatable bonds is 4. The van der Waals surface area contributed by atoms with Crippen molar-refractivity contribution in [3.8, 4) is 11.5 Å². The Morgan fingerprint density at radius 2 is 2.21 bits per heavy atom. The van der Waals surface area contributed by atoms with Crippen molar-refractivity contribution in [2.75, 3.05) is 7.11 Å². The average molecular weight is 456 g/mol. The lowest BCUT2D eigenvalue weighted by molar-refractivity contribution is 0.0955. The molecule has 0 radical (unpaired) electrons. The number of phenols is 1. The molecule has 0 fully saturated rings. The molecule has 1 aliphatic carbocycles. The standard InChI is InChI=1S/C22H22BrN3O3/c1-12-3-5-18-16(7-12)17-9-13(4-6-19(17)25-18)22(28)26-24-11-14-8-15(23)10-20(29-2)21(14)27/h4,6,8-12,25,27H,3,5,7H2,1-2H3,(H,26,28)/b24-11-. The third-order valence-electron chi connectivity index (χ3n) is 5.36. The largest absolute Gasteiger partial charge is 0.504 e. The summed E-state index contributed by atoms with van der Waals surface area (Å²) in [6.45, 7) is 2.26. The van der Waals surface area contributed by atoms with E-state index in [2.05, 4.69) is 38.4 Å². The minimum absolute atomic E-state index is 0.0387. The van der Waals surface area contributed by atoms with E-state index in [0.29, 0.717) is 22.8 Å². The molecule has 1 unspecified atom stereocenters. The number of halogens is 1. The number of aromatic nitrogens is 1. The number of carbonyl (C=O) groups excluding carboxylic acids is 1. The van der Waals surface area contributed by atoms with Crippen molar-refractivity contribution in [1.29, 1.82) is 0 Å². The molecule has 7 heteroatoms. The molecule has 1 aliphatic rings. The lowest BCUT2D eigenvalue weighted by Gasteiger charge is -2.18. The summed E-state index contributed by atoms with van der Waals surface area (Å²) in [6, 6.07) is 9.00. The zero-order chi connectivity index (χ0) is 20.5. The Balaban J connectivity index is 1.55. The molecule has 3 aromatic rings. The second kappa shape index (κ2) is 7.91. The van der Waals surface area contributed by atoms with Crippen molar-refractivity contribution < 1.29 is 14.6 Å². The van der Waals surface area contributed by atoms with Crippen molar-refractivity contribution in [2.45, 2.75) is 26.2 Å². The first kappa shape index (κ1) is 19.5. The summed E-state index contributed by atoms with van der Waals surface area (Å²) in [5, 5.41) is 15.3. The van der Waals surface area contributed by atoms with Crippen LogP contribution in [-0.4, -0.2) is 29.3 Å². The number of benzene rings is 2. The molecule has 2 aromatic carbocycles. The van der Waals surface area contributed by atoms with Gasteiger partial charge in [0.2, 0.25) is 0 Å². The summed E-state index contributed by atoms with van der Waals surface area (Å²) < 4.78 is 5.85. The molecule has 6 nitrogen and oxygen atoms in total. The number of aryl methyl sites for hydroxylation is 1. The zero-order valence-corrected chi connectivity index (χ0v) is 17.8. The van der Waals surface area contributed by atoms with Gasteiger partial charge in [0.1, 0.15) is 0 Å². The first-order chi connectivity index (χ1) is 14.0. The molecule has 150 valence electrons. The van der Waals surface area contributed by atoms with E-state index in [4.69, 9.17) is 4.74 Å². The second-order valence-corrected chi connectivity index (χ2v) is 8.35. The number of ether oxygens (including phenoxy) is 1. The van der Waals surface area contributed by atoms with Gasteiger partial charge in [-0.25, -0.2) is 5.43 Å². The molecular weight excluding hydrogens is 434 g/mol. The van der Waals surface area contributed by atoms with Gasteiger partial charge in [0, 0.05) is 32.2 Å². The van der Waals surface area contributed by atoms with Crippen LogP contribution in [-0.2, 0) is 12.8 Å². The molecule has 1 aromatic heterocycles. The molecule has 3 N–H and O–H groups in total. The fourth-order valence-corrected chi connectivity index (χ4v) is 4.26. The van der Waals surface area contributed by atoms with Gasteiger partial charge in [-0.2, -0.15) is 5.10 Å². The van der Waals surface area contributed by atoms with Gasteiger partial charge in [-0.1, -0.05) is 22.9 Å². The number of phenolic OH excluding ortho intramolecular Hbond substituents is 1. The van der Waals surface area contributed by atoms with E-state index < -0.39 is 0 Å². The summed E-state index contributed by atoms with van der Waals surface area (Å²) in [5.41, 5.74) is 7.18. The fraction of sp³-hybridized carbons (Fsp3) is 0.273. The van der Waals surface area contributed by atoms with Crippen LogP contribution < -0.4 is 10.2 Å². The Kier molecular flexibility index (Phi) is 5.32. The number of H-pyrrole nitrogens is 1. The van der Waals surface area contributed by atoms with E-state index in [-0.39, 0.29) is 11.7 Å². The number of nitrogens with one attached hydrogen (secondary N) is 2. The highest BCUT2D eigenvalue weighted by atomic mass is 79.9. The maximum absolute atomic E-state index is 12.6. The number of methoxy groups -OCH3 is 1. The van der Waals surface area contributed by atoms with Crippen LogP contribution in [0, 0.1) is 5.92 Å². The minimum Gasteiger partial charge on any atom is -0.504 e. The van der Waals surface area contributed by atoms with Gasteiger partial charge in [-0.15, -0.1) is 0 Å². The first-order valence-corrected chi connectivity index (χ1v) is 10.3. The van der Waals surface area contributed by atoms with E-state index in [0.717, 1.165) is 28.2 Å². The van der Waals surface area contributed by atoms with Gasteiger partial charge in [0.05, 0.1) is 13.3 Å². The SMILES string of the molecule is COc1cc(Br)cc(/C=N\NC(=O)c2ccc3[nH]c4c(c3c2)CC(C)CC4)c1O. The number of aromatic amines is 1. The number of hydrogen-bond acceptors (Lipinski definition) is 4. The van der Waals surface area contributed by atoms with Crippen LogP contribution in [0.5, 0.6) is 11.5 Å². The highest BCUT2D eigenvalue weighted by molar-refractivity contribution is 9.10. The van der Waals surface area contributed by atoms with Crippen LogP contribution in [0.25, 0.3) is 10.9 Å². The molecule has 1 amide bonds. The third kappa shape index (κ3) is 3.87. The number of hydrazone groups is 1. The van der Waals surface area contributed by atoms with Gasteiger partial charge in [0.25, 0.3) is 5.91 Å². The van der Waals surface area contributed by atoms with Gasteiger partial charge in [0.15, 0.2) is 11.5 Å². The number of fused-ring (bicyclic) bond motifs is 3. The lowest BCUT2D eigenvalue weighted by Crippen LogP contribution is -2.17. The summed E-state index contributed by atoms with van der Waals surface area (Å²) >= 11 is 3.36. The normalized spacial score (nSPS) is 16.2. The molecule has 1 atom stereocenters. The molecule has 0 aliphatic heterocycles. The van der Waals surface area contributed by atoms with Crippen LogP contribution in [0.2, 0.25) is 0 Å². The summed E-state index contributed by atoms with van der Waals surface area (Å²) in [7, 11) is 1.47. The lowest BCUT2D eigenvalue weighted by atomic mass is 9.87. The van der Waals surface area contributed by atoms with Crippen molar-refractivity contribution >= 4 is 39.0 Å². The summed E-state index contributed by atoms with van der Waals surface area (Å²) in [5.74, 6) is 0.633. The highest BCUT2D eigenvalue weighted by Crippen LogP contribution is 2.33. The fourth-order valence-electron chi connectivity index (χ4n) is 3.81. The van der Waals surface area contributed by atoms with Crippen LogP contribution in [0.15, 0.2) is 39.9 Å². The van der Waals surface area contributed by atoms with E-state index in [9.17, 15) is 9.90 Å². The molecule has 0 saturated carbocycles. The van der Waals surface area contributed by atoms with Gasteiger partial charge >= 0.3 is 0 Å². The first-order valence-electron chi connectivity index (χ1n) is 9.49. The minimum atomic E-state index is -0.302. The Bertz CT molecular complexity index is 1120. The van der Waals surface area contributed by atoms with Gasteiger partial charge < -0.3 is 14.8 Å². The third-order valence-corrected chi connectivity index (χ3v) is 5.81. The molecule has 0 spiro atoms. The number of hydrogen-bond donors (Lipinski definition) is 3. The van der Waals surface area contributed by atoms with Crippen molar-refractivity contribution in [1.82, 2.24) is 10.4 Å². The maximum Gasteiger partial charge on any atom is 0.271 e. The number of carbonyl (C=O) groups is 1. The van der Waals surface area contributed by atoms with Crippen LogP contribution >= 0.6 is 15.9 Å². The van der Waals surface area contributed by atoms with Crippen LogP contribution in [0.4, 0.5) is 0 Å². The van der Waals surface area contributed by atoms with E-state index in [1.54, 1.807) is 18.2 Å².